The van der Waals surface area contributed by atoms with Gasteiger partial charge in [0.25, 0.3) is 0 Å². The summed E-state index contributed by atoms with van der Waals surface area (Å²) in [6, 6.07) is 19.5. The summed E-state index contributed by atoms with van der Waals surface area (Å²) in [6.45, 7) is 1.77. The smallest absolute Gasteiger partial charge is 0.237 e. The van der Waals surface area contributed by atoms with Crippen LogP contribution in [-0.4, -0.2) is 21.1 Å². The van der Waals surface area contributed by atoms with Crippen molar-refractivity contribution >= 4 is 40.9 Å². The number of nitrogens with two attached hydrogens (primary N) is 1. The molecule has 0 aliphatic heterocycles. The summed E-state index contributed by atoms with van der Waals surface area (Å²) in [7, 11) is 0. The molecule has 0 saturated heterocycles. The molecule has 28 heavy (non-hydrogen) atoms. The third kappa shape index (κ3) is 5.03. The lowest BCUT2D eigenvalue weighted by Gasteiger charge is -2.14. The van der Waals surface area contributed by atoms with Gasteiger partial charge in [-0.1, -0.05) is 53.9 Å². The molecule has 3 N–H and O–H groups in total. The van der Waals surface area contributed by atoms with Gasteiger partial charge in [-0.2, -0.15) is 5.26 Å². The van der Waals surface area contributed by atoms with Gasteiger partial charge in [0.1, 0.15) is 17.5 Å². The number of amides is 1. The van der Waals surface area contributed by atoms with Crippen molar-refractivity contribution in [3.63, 3.8) is 0 Å². The molecule has 0 bridgehead atoms. The maximum atomic E-state index is 12.6. The third-order valence-corrected chi connectivity index (χ3v) is 5.74. The van der Waals surface area contributed by atoms with Crippen LogP contribution in [0.1, 0.15) is 12.5 Å². The molecule has 1 atom stereocenters. The topological polar surface area (TPSA) is 105 Å². The van der Waals surface area contributed by atoms with Gasteiger partial charge in [0.05, 0.1) is 17.1 Å². The lowest BCUT2D eigenvalue weighted by Crippen LogP contribution is -2.23. The van der Waals surface area contributed by atoms with Crippen molar-refractivity contribution in [1.29, 1.82) is 5.26 Å². The Balaban J connectivity index is 1.69. The fourth-order valence-corrected chi connectivity index (χ4v) is 3.91. The number of nitriles is 1. The van der Waals surface area contributed by atoms with E-state index in [1.165, 1.54) is 18.0 Å². The Morgan fingerprint density at radius 3 is 2.61 bits per heavy atom. The molecule has 140 valence electrons. The third-order valence-electron chi connectivity index (χ3n) is 3.68. The van der Waals surface area contributed by atoms with Crippen molar-refractivity contribution in [3.8, 4) is 6.07 Å². The zero-order chi connectivity index (χ0) is 19.9. The van der Waals surface area contributed by atoms with Crippen LogP contribution in [0, 0.1) is 11.3 Å². The molecular weight excluding hydrogens is 390 g/mol. The summed E-state index contributed by atoms with van der Waals surface area (Å²) >= 11 is 2.77. The van der Waals surface area contributed by atoms with E-state index in [1.54, 1.807) is 18.7 Å². The molecule has 2 aromatic carbocycles. The van der Waals surface area contributed by atoms with Gasteiger partial charge in [-0.3, -0.25) is 4.79 Å². The Labute approximate surface area is 171 Å². The molecule has 3 rings (SSSR count). The number of aromatic nitrogens is 2. The number of thioether (sulfide) groups is 1. The molecule has 1 unspecified atom stereocenters. The number of anilines is 2. The monoisotopic (exact) mass is 407 g/mol. The van der Waals surface area contributed by atoms with Crippen LogP contribution in [0.5, 0.6) is 0 Å². The summed E-state index contributed by atoms with van der Waals surface area (Å²) in [5.74, 6) is -0.0603. The molecule has 0 saturated carbocycles. The van der Waals surface area contributed by atoms with E-state index in [-0.39, 0.29) is 17.3 Å². The van der Waals surface area contributed by atoms with E-state index in [4.69, 9.17) is 11.0 Å². The molecule has 1 heterocycles. The minimum Gasteiger partial charge on any atom is -0.382 e. The highest BCUT2D eigenvalue weighted by Gasteiger charge is 2.18. The quantitative estimate of drug-likeness (QED) is 0.466. The van der Waals surface area contributed by atoms with Crippen molar-refractivity contribution in [2.24, 2.45) is 0 Å². The van der Waals surface area contributed by atoms with Gasteiger partial charge in [-0.25, -0.2) is 9.97 Å². The van der Waals surface area contributed by atoms with Crippen molar-refractivity contribution in [2.75, 3.05) is 11.1 Å². The number of nitrogens with one attached hydrogen (secondary N) is 1. The normalized spacial score (nSPS) is 11.4. The molecule has 8 heteroatoms. The predicted octanol–water partition coefficient (Wildman–Crippen LogP) is 4.20. The van der Waals surface area contributed by atoms with Crippen LogP contribution in [0.4, 0.5) is 11.5 Å². The van der Waals surface area contributed by atoms with Crippen LogP contribution in [0.2, 0.25) is 0 Å². The molecule has 1 aromatic heterocycles. The maximum Gasteiger partial charge on any atom is 0.237 e. The lowest BCUT2D eigenvalue weighted by molar-refractivity contribution is -0.115. The van der Waals surface area contributed by atoms with Crippen molar-refractivity contribution in [3.05, 3.63) is 66.4 Å². The molecule has 0 fully saturated rings. The number of carbonyl (C=O) groups excluding carboxylic acids is 1. The van der Waals surface area contributed by atoms with Gasteiger partial charge in [-0.15, -0.1) is 0 Å². The summed E-state index contributed by atoms with van der Waals surface area (Å²) in [4.78, 5) is 22.8. The van der Waals surface area contributed by atoms with E-state index in [0.29, 0.717) is 5.16 Å². The van der Waals surface area contributed by atoms with Crippen LogP contribution in [0.15, 0.2) is 75.7 Å². The number of nitrogen functional groups attached to an aromatic ring is 1. The van der Waals surface area contributed by atoms with Crippen LogP contribution in [0.3, 0.4) is 0 Å². The van der Waals surface area contributed by atoms with Gasteiger partial charge < -0.3 is 11.1 Å². The van der Waals surface area contributed by atoms with E-state index >= 15 is 0 Å². The van der Waals surface area contributed by atoms with Crippen LogP contribution >= 0.6 is 23.5 Å². The highest BCUT2D eigenvalue weighted by atomic mass is 32.2. The molecule has 6 nitrogen and oxygen atoms in total. The van der Waals surface area contributed by atoms with Crippen molar-refractivity contribution in [2.45, 2.75) is 27.1 Å². The number of hydrogen-bond acceptors (Lipinski definition) is 7. The second-order valence-electron chi connectivity index (χ2n) is 5.72. The Hall–Kier alpha value is -3.02. The average Bonchev–Trinajstić information content (AvgIpc) is 2.70. The van der Waals surface area contributed by atoms with Crippen LogP contribution in [0.25, 0.3) is 0 Å². The zero-order valence-corrected chi connectivity index (χ0v) is 16.6. The van der Waals surface area contributed by atoms with Crippen molar-refractivity contribution in [1.82, 2.24) is 9.97 Å². The lowest BCUT2D eigenvalue weighted by atomic mass is 10.3. The molecular formula is C20H17N5OS2. The van der Waals surface area contributed by atoms with E-state index in [9.17, 15) is 4.79 Å². The number of benzene rings is 2. The van der Waals surface area contributed by atoms with E-state index in [0.717, 1.165) is 15.5 Å². The summed E-state index contributed by atoms with van der Waals surface area (Å²) in [6.07, 6.45) is 1.36. The Bertz CT molecular complexity index is 1020. The van der Waals surface area contributed by atoms with E-state index in [1.807, 2.05) is 60.7 Å². The molecule has 3 aromatic rings. The maximum absolute atomic E-state index is 12.6. The van der Waals surface area contributed by atoms with E-state index < -0.39 is 5.25 Å². The van der Waals surface area contributed by atoms with Crippen LogP contribution < -0.4 is 11.1 Å². The van der Waals surface area contributed by atoms with Gasteiger partial charge in [0, 0.05) is 9.79 Å². The minimum absolute atomic E-state index is 0.109. The standard InChI is InChI=1S/C20H17N5OS2/c1-13(27-20-23-12-14(11-21)18(22)25-20)19(26)24-16-9-5-6-10-17(16)28-15-7-3-2-4-8-15/h2-10,12-13H,1H3,(H,24,26)(H2,22,23,25). The largest absolute Gasteiger partial charge is 0.382 e. The number of nitrogens with zero attached hydrogens (tertiary/aromatic N) is 3. The SMILES string of the molecule is CC(Sc1ncc(C#N)c(N)n1)C(=O)Nc1ccccc1Sc1ccccc1. The van der Waals surface area contributed by atoms with E-state index in [2.05, 4.69) is 15.3 Å². The number of hydrogen-bond donors (Lipinski definition) is 2. The Morgan fingerprint density at radius 1 is 1.18 bits per heavy atom. The zero-order valence-electron chi connectivity index (χ0n) is 15.0. The fourth-order valence-electron chi connectivity index (χ4n) is 2.24. The molecule has 0 spiro atoms. The Morgan fingerprint density at radius 2 is 1.89 bits per heavy atom. The fraction of sp³-hybridized carbons (Fsp3) is 0.100. The summed E-state index contributed by atoms with van der Waals surface area (Å²) in [5, 5.41) is 11.8. The first-order chi connectivity index (χ1) is 13.6. The molecule has 1 amide bonds. The Kier molecular flexibility index (Phi) is 6.53. The first-order valence-corrected chi connectivity index (χ1v) is 10.1. The average molecular weight is 408 g/mol. The molecule has 0 aliphatic carbocycles. The second-order valence-corrected chi connectivity index (χ2v) is 8.15. The van der Waals surface area contributed by atoms with Gasteiger partial charge in [0.2, 0.25) is 5.91 Å². The highest BCUT2D eigenvalue weighted by Crippen LogP contribution is 2.33. The molecule has 0 radical (unpaired) electrons. The van der Waals surface area contributed by atoms with Gasteiger partial charge in [0.15, 0.2) is 5.16 Å². The number of rotatable bonds is 6. The number of para-hydroxylation sites is 1. The van der Waals surface area contributed by atoms with Crippen LogP contribution in [-0.2, 0) is 4.79 Å². The second kappa shape index (κ2) is 9.26. The first-order valence-electron chi connectivity index (χ1n) is 8.39. The summed E-state index contributed by atoms with van der Waals surface area (Å²) < 4.78 is 0. The predicted molar refractivity (Wildman–Crippen MR) is 112 cm³/mol. The van der Waals surface area contributed by atoms with Gasteiger partial charge in [-0.05, 0) is 31.2 Å². The van der Waals surface area contributed by atoms with Crippen molar-refractivity contribution < 1.29 is 4.79 Å². The van der Waals surface area contributed by atoms with Gasteiger partial charge >= 0.3 is 0 Å². The highest BCUT2D eigenvalue weighted by molar-refractivity contribution is 8.00. The first kappa shape index (κ1) is 19.7. The number of carbonyl (C=O) groups is 1. The summed E-state index contributed by atoms with van der Waals surface area (Å²) in [5.41, 5.74) is 6.67. The minimum atomic E-state index is -0.442. The molecule has 0 aliphatic rings.